The molecule has 5 nitrogen and oxygen atoms in total. The molecule has 0 saturated carbocycles. The number of rotatable bonds is 3. The largest absolute Gasteiger partial charge is 0.370 e. The van der Waals surface area contributed by atoms with Crippen LogP contribution >= 0.6 is 11.8 Å². The predicted molar refractivity (Wildman–Crippen MR) is 60.3 cm³/mol. The molecular weight excluding hydrogens is 214 g/mol. The van der Waals surface area contributed by atoms with Crippen LogP contribution in [0.25, 0.3) is 0 Å². The molecule has 1 fully saturated rings. The van der Waals surface area contributed by atoms with Crippen LogP contribution in [0, 0.1) is 0 Å². The lowest BCUT2D eigenvalue weighted by atomic mass is 10.1. The second kappa shape index (κ2) is 5.37. The lowest BCUT2D eigenvalue weighted by Gasteiger charge is -2.34. The number of nitrogens with two attached hydrogens (primary N) is 2. The molecule has 1 rings (SSSR count). The van der Waals surface area contributed by atoms with Crippen LogP contribution in [0.4, 0.5) is 0 Å². The molecule has 15 heavy (non-hydrogen) atoms. The second-order valence-electron chi connectivity index (χ2n) is 3.73. The van der Waals surface area contributed by atoms with Crippen LogP contribution < -0.4 is 11.5 Å². The van der Waals surface area contributed by atoms with Crippen molar-refractivity contribution in [3.8, 4) is 0 Å². The quantitative estimate of drug-likeness (QED) is 0.662. The van der Waals surface area contributed by atoms with Crippen molar-refractivity contribution >= 4 is 23.6 Å². The van der Waals surface area contributed by atoms with Gasteiger partial charge >= 0.3 is 0 Å². The van der Waals surface area contributed by atoms with E-state index in [1.54, 1.807) is 4.90 Å². The van der Waals surface area contributed by atoms with Gasteiger partial charge in [-0.1, -0.05) is 0 Å². The number of hydrogen-bond acceptors (Lipinski definition) is 4. The molecule has 0 spiro atoms. The summed E-state index contributed by atoms with van der Waals surface area (Å²) in [5, 5.41) is 0. The van der Waals surface area contributed by atoms with Gasteiger partial charge in [-0.3, -0.25) is 9.59 Å². The zero-order chi connectivity index (χ0) is 11.4. The fourth-order valence-corrected chi connectivity index (χ4v) is 2.59. The highest BCUT2D eigenvalue weighted by Gasteiger charge is 2.28. The Morgan fingerprint density at radius 3 is 2.80 bits per heavy atom. The Balaban J connectivity index is 2.54. The maximum Gasteiger partial charge on any atom is 0.240 e. The SMILES string of the molecule is CC1CSCCN1C(=O)C(N)CC(N)=O. The molecule has 1 saturated heterocycles. The molecule has 86 valence electrons. The van der Waals surface area contributed by atoms with Crippen LogP contribution in [-0.4, -0.2) is 46.8 Å². The van der Waals surface area contributed by atoms with Gasteiger partial charge in [-0.05, 0) is 6.92 Å². The third-order valence-corrected chi connectivity index (χ3v) is 3.58. The van der Waals surface area contributed by atoms with Gasteiger partial charge in [0, 0.05) is 24.1 Å². The fourth-order valence-electron chi connectivity index (χ4n) is 1.57. The maximum atomic E-state index is 11.8. The number of nitrogens with zero attached hydrogens (tertiary/aromatic N) is 1. The van der Waals surface area contributed by atoms with Crippen LogP contribution in [0.3, 0.4) is 0 Å². The van der Waals surface area contributed by atoms with E-state index in [0.717, 1.165) is 11.5 Å². The minimum Gasteiger partial charge on any atom is -0.370 e. The molecule has 0 radical (unpaired) electrons. The molecule has 2 unspecified atom stereocenters. The average Bonchev–Trinajstić information content (AvgIpc) is 2.16. The Morgan fingerprint density at radius 1 is 1.60 bits per heavy atom. The number of primary amides is 1. The van der Waals surface area contributed by atoms with E-state index in [9.17, 15) is 9.59 Å². The van der Waals surface area contributed by atoms with E-state index in [0.29, 0.717) is 6.54 Å². The first-order valence-electron chi connectivity index (χ1n) is 4.94. The minimum absolute atomic E-state index is 0.0742. The van der Waals surface area contributed by atoms with Gasteiger partial charge in [0.2, 0.25) is 11.8 Å². The minimum atomic E-state index is -0.784. The molecule has 0 aromatic rings. The van der Waals surface area contributed by atoms with Crippen LogP contribution in [0.1, 0.15) is 13.3 Å². The van der Waals surface area contributed by atoms with Crippen LogP contribution in [0.5, 0.6) is 0 Å². The Morgan fingerprint density at radius 2 is 2.27 bits per heavy atom. The van der Waals surface area contributed by atoms with Gasteiger partial charge in [0.15, 0.2) is 0 Å². The summed E-state index contributed by atoms with van der Waals surface area (Å²) in [7, 11) is 0. The van der Waals surface area contributed by atoms with Crippen molar-refractivity contribution in [1.82, 2.24) is 4.90 Å². The summed E-state index contributed by atoms with van der Waals surface area (Å²) < 4.78 is 0. The third kappa shape index (κ3) is 3.39. The van der Waals surface area contributed by atoms with Crippen molar-refractivity contribution < 1.29 is 9.59 Å². The summed E-state index contributed by atoms with van der Waals surface area (Å²) in [6.45, 7) is 2.69. The maximum absolute atomic E-state index is 11.8. The molecule has 0 bridgehead atoms. The summed E-state index contributed by atoms with van der Waals surface area (Å²) in [5.41, 5.74) is 10.6. The van der Waals surface area contributed by atoms with Gasteiger partial charge < -0.3 is 16.4 Å². The van der Waals surface area contributed by atoms with E-state index in [2.05, 4.69) is 0 Å². The zero-order valence-electron chi connectivity index (χ0n) is 8.81. The third-order valence-electron chi connectivity index (χ3n) is 2.39. The average molecular weight is 231 g/mol. The number of carbonyl (C=O) groups is 2. The van der Waals surface area contributed by atoms with E-state index in [1.807, 2.05) is 18.7 Å². The van der Waals surface area contributed by atoms with E-state index in [4.69, 9.17) is 11.5 Å². The number of amides is 2. The predicted octanol–water partition coefficient (Wildman–Crippen LogP) is -0.847. The normalized spacial score (nSPS) is 23.6. The molecule has 1 heterocycles. The highest BCUT2D eigenvalue weighted by molar-refractivity contribution is 7.99. The molecule has 4 N–H and O–H groups in total. The van der Waals surface area contributed by atoms with Crippen LogP contribution in [0.2, 0.25) is 0 Å². The lowest BCUT2D eigenvalue weighted by Crippen LogP contribution is -2.52. The fraction of sp³-hybridized carbons (Fsp3) is 0.778. The Hall–Kier alpha value is -0.750. The molecular formula is C9H17N3O2S. The molecule has 1 aliphatic rings. The van der Waals surface area contributed by atoms with E-state index in [-0.39, 0.29) is 18.4 Å². The smallest absolute Gasteiger partial charge is 0.240 e. The van der Waals surface area contributed by atoms with Crippen molar-refractivity contribution in [3.05, 3.63) is 0 Å². The van der Waals surface area contributed by atoms with Crippen molar-refractivity contribution in [2.75, 3.05) is 18.1 Å². The first-order valence-corrected chi connectivity index (χ1v) is 6.10. The number of carbonyl (C=O) groups excluding carboxylic acids is 2. The van der Waals surface area contributed by atoms with Gasteiger partial charge in [-0.15, -0.1) is 0 Å². The van der Waals surface area contributed by atoms with Crippen molar-refractivity contribution in [3.63, 3.8) is 0 Å². The Bertz CT molecular complexity index is 260. The Kier molecular flexibility index (Phi) is 4.41. The topological polar surface area (TPSA) is 89.4 Å². The van der Waals surface area contributed by atoms with Gasteiger partial charge in [0.05, 0.1) is 12.5 Å². The first kappa shape index (κ1) is 12.3. The monoisotopic (exact) mass is 231 g/mol. The Labute approximate surface area is 93.5 Å². The van der Waals surface area contributed by atoms with Crippen molar-refractivity contribution in [1.29, 1.82) is 0 Å². The lowest BCUT2D eigenvalue weighted by molar-refractivity contribution is -0.136. The van der Waals surface area contributed by atoms with E-state index < -0.39 is 11.9 Å². The van der Waals surface area contributed by atoms with E-state index >= 15 is 0 Å². The molecule has 6 heteroatoms. The van der Waals surface area contributed by atoms with Gasteiger partial charge in [-0.25, -0.2) is 0 Å². The molecule has 1 aliphatic heterocycles. The molecule has 2 amide bonds. The molecule has 0 aromatic carbocycles. The molecule has 0 aromatic heterocycles. The molecule has 2 atom stereocenters. The summed E-state index contributed by atoms with van der Waals surface area (Å²) in [5.74, 6) is 1.16. The zero-order valence-corrected chi connectivity index (χ0v) is 9.63. The van der Waals surface area contributed by atoms with Gasteiger partial charge in [0.1, 0.15) is 0 Å². The highest BCUT2D eigenvalue weighted by atomic mass is 32.2. The highest BCUT2D eigenvalue weighted by Crippen LogP contribution is 2.16. The summed E-state index contributed by atoms with van der Waals surface area (Å²) in [6, 6.07) is -0.594. The van der Waals surface area contributed by atoms with Gasteiger partial charge in [0.25, 0.3) is 0 Å². The standard InChI is InChI=1S/C9H17N3O2S/c1-6-5-15-3-2-12(6)9(14)7(10)4-8(11)13/h6-7H,2-5,10H2,1H3,(H2,11,13). The molecule has 0 aliphatic carbocycles. The van der Waals surface area contributed by atoms with Gasteiger partial charge in [-0.2, -0.15) is 11.8 Å². The van der Waals surface area contributed by atoms with Crippen molar-refractivity contribution in [2.45, 2.75) is 25.4 Å². The summed E-state index contributed by atoms with van der Waals surface area (Å²) in [6.07, 6.45) is -0.0742. The number of thioether (sulfide) groups is 1. The van der Waals surface area contributed by atoms with E-state index in [1.165, 1.54) is 0 Å². The summed E-state index contributed by atoms with van der Waals surface area (Å²) in [4.78, 5) is 24.2. The van der Waals surface area contributed by atoms with Crippen LogP contribution in [0.15, 0.2) is 0 Å². The number of hydrogen-bond donors (Lipinski definition) is 2. The summed E-state index contributed by atoms with van der Waals surface area (Å²) >= 11 is 1.82. The first-order chi connectivity index (χ1) is 7.02. The second-order valence-corrected chi connectivity index (χ2v) is 4.88. The van der Waals surface area contributed by atoms with Crippen molar-refractivity contribution in [2.24, 2.45) is 11.5 Å². The van der Waals surface area contributed by atoms with Crippen LogP contribution in [-0.2, 0) is 9.59 Å².